The molecular weight excluding hydrogens is 190 g/mol. The zero-order chi connectivity index (χ0) is 11.1. The maximum Gasteiger partial charge on any atom is 0.0771 e. The third-order valence-corrected chi connectivity index (χ3v) is 3.35. The van der Waals surface area contributed by atoms with Crippen molar-refractivity contribution >= 4 is 0 Å². The van der Waals surface area contributed by atoms with Gasteiger partial charge in [-0.3, -0.25) is 0 Å². The zero-order valence-electron chi connectivity index (χ0n) is 9.84. The lowest BCUT2D eigenvalue weighted by Crippen LogP contribution is -2.43. The Bertz CT molecular complexity index is 167. The van der Waals surface area contributed by atoms with Crippen molar-refractivity contribution < 1.29 is 10.2 Å². The Morgan fingerprint density at radius 2 is 1.93 bits per heavy atom. The largest absolute Gasteiger partial charge is 0.396 e. The van der Waals surface area contributed by atoms with Crippen molar-refractivity contribution in [1.82, 2.24) is 5.32 Å². The number of nitrogens with one attached hydrogen (secondary N) is 1. The van der Waals surface area contributed by atoms with Crippen LogP contribution in [0.4, 0.5) is 0 Å². The summed E-state index contributed by atoms with van der Waals surface area (Å²) < 4.78 is 0. The van der Waals surface area contributed by atoms with Gasteiger partial charge in [-0.15, -0.1) is 0 Å². The lowest BCUT2D eigenvalue weighted by atomic mass is 9.85. The summed E-state index contributed by atoms with van der Waals surface area (Å²) in [6.07, 6.45) is 6.30. The molecule has 90 valence electrons. The summed E-state index contributed by atoms with van der Waals surface area (Å²) in [5.74, 6) is 0.488. The minimum atomic E-state index is -0.461. The lowest BCUT2D eigenvalue weighted by Gasteiger charge is -2.32. The predicted octanol–water partition coefficient (Wildman–Crippen LogP) is 1.29. The first-order chi connectivity index (χ1) is 7.16. The van der Waals surface area contributed by atoms with E-state index in [1.807, 2.05) is 0 Å². The molecule has 1 rings (SSSR count). The molecule has 1 aliphatic rings. The van der Waals surface area contributed by atoms with Crippen LogP contribution in [0.3, 0.4) is 0 Å². The normalized spacial score (nSPS) is 22.6. The second kappa shape index (κ2) is 6.46. The van der Waals surface area contributed by atoms with Crippen LogP contribution in [0.25, 0.3) is 0 Å². The molecule has 0 heterocycles. The van der Waals surface area contributed by atoms with Crippen LogP contribution in [0, 0.1) is 5.92 Å². The van der Waals surface area contributed by atoms with Crippen LogP contribution in [-0.2, 0) is 0 Å². The van der Waals surface area contributed by atoms with E-state index in [1.54, 1.807) is 0 Å². The van der Waals surface area contributed by atoms with Gasteiger partial charge >= 0.3 is 0 Å². The van der Waals surface area contributed by atoms with Crippen LogP contribution >= 0.6 is 0 Å². The molecule has 0 aromatic heterocycles. The van der Waals surface area contributed by atoms with Crippen LogP contribution in [0.1, 0.15) is 45.4 Å². The van der Waals surface area contributed by atoms with E-state index in [1.165, 1.54) is 6.42 Å². The van der Waals surface area contributed by atoms with E-state index in [0.717, 1.165) is 38.6 Å². The van der Waals surface area contributed by atoms with Crippen LogP contribution in [-0.4, -0.2) is 35.5 Å². The minimum Gasteiger partial charge on any atom is -0.396 e. The molecule has 0 radical (unpaired) electrons. The zero-order valence-corrected chi connectivity index (χ0v) is 9.84. The Hall–Kier alpha value is -0.120. The van der Waals surface area contributed by atoms with Crippen molar-refractivity contribution in [1.29, 1.82) is 0 Å². The highest BCUT2D eigenvalue weighted by Gasteiger charge is 2.28. The van der Waals surface area contributed by atoms with E-state index >= 15 is 0 Å². The van der Waals surface area contributed by atoms with Gasteiger partial charge in [0.1, 0.15) is 0 Å². The molecule has 1 fully saturated rings. The van der Waals surface area contributed by atoms with Gasteiger partial charge in [0.05, 0.1) is 5.60 Å². The smallest absolute Gasteiger partial charge is 0.0771 e. The summed E-state index contributed by atoms with van der Waals surface area (Å²) in [6, 6.07) is 0. The van der Waals surface area contributed by atoms with Crippen LogP contribution < -0.4 is 5.32 Å². The molecule has 1 saturated carbocycles. The number of rotatable bonds is 6. The quantitative estimate of drug-likeness (QED) is 0.626. The van der Waals surface area contributed by atoms with Crippen molar-refractivity contribution in [2.24, 2.45) is 5.92 Å². The second-order valence-corrected chi connectivity index (χ2v) is 5.03. The predicted molar refractivity (Wildman–Crippen MR) is 61.8 cm³/mol. The Labute approximate surface area is 92.9 Å². The van der Waals surface area contributed by atoms with Gasteiger partial charge in [0.25, 0.3) is 0 Å². The molecule has 3 nitrogen and oxygen atoms in total. The molecule has 3 N–H and O–H groups in total. The Morgan fingerprint density at radius 3 is 2.53 bits per heavy atom. The third-order valence-electron chi connectivity index (χ3n) is 3.35. The number of hydrogen-bond acceptors (Lipinski definition) is 3. The van der Waals surface area contributed by atoms with E-state index in [-0.39, 0.29) is 6.61 Å². The van der Waals surface area contributed by atoms with Crippen molar-refractivity contribution in [3.05, 3.63) is 0 Å². The molecule has 0 aromatic carbocycles. The summed E-state index contributed by atoms with van der Waals surface area (Å²) in [6.45, 7) is 3.98. The number of aliphatic hydroxyl groups is 2. The van der Waals surface area contributed by atoms with Gasteiger partial charge in [-0.05, 0) is 31.7 Å². The van der Waals surface area contributed by atoms with Crippen LogP contribution in [0.5, 0.6) is 0 Å². The Morgan fingerprint density at radius 1 is 1.27 bits per heavy atom. The summed E-state index contributed by atoms with van der Waals surface area (Å²) in [4.78, 5) is 0. The fraction of sp³-hybridized carbons (Fsp3) is 1.00. The van der Waals surface area contributed by atoms with Crippen LogP contribution in [0.15, 0.2) is 0 Å². The fourth-order valence-electron chi connectivity index (χ4n) is 2.26. The van der Waals surface area contributed by atoms with E-state index < -0.39 is 5.60 Å². The van der Waals surface area contributed by atoms with Crippen LogP contribution in [0.2, 0.25) is 0 Å². The van der Waals surface area contributed by atoms with Gasteiger partial charge in [-0.1, -0.05) is 26.2 Å². The molecule has 1 atom stereocenters. The monoisotopic (exact) mass is 215 g/mol. The molecule has 0 saturated heterocycles. The highest BCUT2D eigenvalue weighted by Crippen LogP contribution is 2.27. The molecule has 1 aliphatic carbocycles. The molecule has 3 heteroatoms. The first kappa shape index (κ1) is 12.9. The average Bonchev–Trinajstić information content (AvgIpc) is 2.19. The maximum absolute atomic E-state index is 10.2. The first-order valence-electron chi connectivity index (χ1n) is 6.20. The molecular formula is C12H25NO2. The minimum absolute atomic E-state index is 0.257. The summed E-state index contributed by atoms with van der Waals surface area (Å²) in [5, 5.41) is 22.3. The fourth-order valence-corrected chi connectivity index (χ4v) is 2.26. The van der Waals surface area contributed by atoms with E-state index in [9.17, 15) is 5.11 Å². The third kappa shape index (κ3) is 4.96. The Balaban J connectivity index is 2.12. The SMILES string of the molecule is CC(CCO)CNCC1(O)CCCCC1. The Kier molecular flexibility index (Phi) is 5.58. The van der Waals surface area contributed by atoms with Gasteiger partial charge in [-0.2, -0.15) is 0 Å². The van der Waals surface area contributed by atoms with E-state index in [0.29, 0.717) is 12.5 Å². The standard InChI is InChI=1S/C12H25NO2/c1-11(5-8-14)9-13-10-12(15)6-3-2-4-7-12/h11,13-15H,2-10H2,1H3. The van der Waals surface area contributed by atoms with Gasteiger partial charge in [0.2, 0.25) is 0 Å². The molecule has 0 aliphatic heterocycles. The van der Waals surface area contributed by atoms with Gasteiger partial charge in [-0.25, -0.2) is 0 Å². The molecule has 0 spiro atoms. The van der Waals surface area contributed by atoms with Gasteiger partial charge in [0.15, 0.2) is 0 Å². The summed E-state index contributed by atoms with van der Waals surface area (Å²) in [5.41, 5.74) is -0.461. The maximum atomic E-state index is 10.2. The van der Waals surface area contributed by atoms with E-state index in [2.05, 4.69) is 12.2 Å². The van der Waals surface area contributed by atoms with Gasteiger partial charge < -0.3 is 15.5 Å². The molecule has 1 unspecified atom stereocenters. The molecule has 0 aromatic rings. The molecule has 0 amide bonds. The first-order valence-corrected chi connectivity index (χ1v) is 6.20. The second-order valence-electron chi connectivity index (χ2n) is 5.03. The molecule has 15 heavy (non-hydrogen) atoms. The average molecular weight is 215 g/mol. The van der Waals surface area contributed by atoms with Gasteiger partial charge in [0, 0.05) is 13.2 Å². The van der Waals surface area contributed by atoms with Crippen molar-refractivity contribution in [3.8, 4) is 0 Å². The highest BCUT2D eigenvalue weighted by molar-refractivity contribution is 4.84. The van der Waals surface area contributed by atoms with E-state index in [4.69, 9.17) is 5.11 Å². The molecule has 0 bridgehead atoms. The topological polar surface area (TPSA) is 52.5 Å². The van der Waals surface area contributed by atoms with Crippen molar-refractivity contribution in [2.75, 3.05) is 19.7 Å². The lowest BCUT2D eigenvalue weighted by molar-refractivity contribution is 0.00432. The number of aliphatic hydroxyl groups excluding tert-OH is 1. The van der Waals surface area contributed by atoms with Crippen molar-refractivity contribution in [3.63, 3.8) is 0 Å². The highest BCUT2D eigenvalue weighted by atomic mass is 16.3. The van der Waals surface area contributed by atoms with Crippen molar-refractivity contribution in [2.45, 2.75) is 51.0 Å². The summed E-state index contributed by atoms with van der Waals surface area (Å²) in [7, 11) is 0. The number of hydrogen-bond donors (Lipinski definition) is 3. The summed E-state index contributed by atoms with van der Waals surface area (Å²) >= 11 is 0.